The van der Waals surface area contributed by atoms with E-state index in [1.54, 1.807) is 11.3 Å². The molecule has 0 bridgehead atoms. The minimum absolute atomic E-state index is 0.112. The number of imidazole rings is 1. The van der Waals surface area contributed by atoms with E-state index in [1.807, 2.05) is 18.2 Å². The second-order valence-electron chi connectivity index (χ2n) is 6.07. The van der Waals surface area contributed by atoms with Gasteiger partial charge in [-0.1, -0.05) is 44.2 Å². The monoisotopic (exact) mass is 327 g/mol. The molecule has 120 valence electrons. The van der Waals surface area contributed by atoms with Crippen molar-refractivity contribution < 1.29 is 4.79 Å². The fraction of sp³-hybridized carbons (Fsp3) is 0.333. The molecule has 0 unspecified atom stereocenters. The maximum absolute atomic E-state index is 11.9. The van der Waals surface area contributed by atoms with E-state index in [2.05, 4.69) is 52.3 Å². The average molecular weight is 327 g/mol. The molecule has 0 saturated carbocycles. The number of nitrogens with zero attached hydrogens (tertiary/aromatic N) is 2. The van der Waals surface area contributed by atoms with Crippen molar-refractivity contribution in [2.24, 2.45) is 5.92 Å². The van der Waals surface area contributed by atoms with Gasteiger partial charge in [-0.2, -0.15) is 0 Å². The Labute approximate surface area is 140 Å². The Kier molecular flexibility index (Phi) is 4.76. The molecule has 0 aliphatic carbocycles. The van der Waals surface area contributed by atoms with Crippen molar-refractivity contribution in [1.29, 1.82) is 0 Å². The number of nitrogens with one attached hydrogen (secondary N) is 1. The number of aryl methyl sites for hydroxylation is 1. The molecule has 0 aliphatic rings. The highest BCUT2D eigenvalue weighted by molar-refractivity contribution is 7.15. The number of amides is 1. The molecule has 0 aliphatic heterocycles. The predicted molar refractivity (Wildman–Crippen MR) is 94.7 cm³/mol. The van der Waals surface area contributed by atoms with Crippen LogP contribution in [0.2, 0.25) is 0 Å². The van der Waals surface area contributed by atoms with Crippen LogP contribution in [-0.2, 0) is 11.2 Å². The summed E-state index contributed by atoms with van der Waals surface area (Å²) in [5, 5.41) is 5.05. The number of aromatic nitrogens is 2. The van der Waals surface area contributed by atoms with Gasteiger partial charge in [-0.15, -0.1) is 11.3 Å². The van der Waals surface area contributed by atoms with Crippen LogP contribution in [0.1, 0.15) is 26.0 Å². The zero-order valence-electron chi connectivity index (χ0n) is 13.5. The molecule has 0 saturated heterocycles. The summed E-state index contributed by atoms with van der Waals surface area (Å²) in [4.78, 5) is 17.5. The van der Waals surface area contributed by atoms with E-state index in [4.69, 9.17) is 0 Å². The van der Waals surface area contributed by atoms with Gasteiger partial charge in [0.25, 0.3) is 0 Å². The predicted octanol–water partition coefficient (Wildman–Crippen LogP) is 3.77. The molecule has 0 fully saturated rings. The van der Waals surface area contributed by atoms with Crippen LogP contribution in [0.3, 0.4) is 0 Å². The summed E-state index contributed by atoms with van der Waals surface area (Å²) in [6.07, 6.45) is 3.30. The Morgan fingerprint density at radius 1 is 1.30 bits per heavy atom. The zero-order chi connectivity index (χ0) is 16.2. The van der Waals surface area contributed by atoms with E-state index in [0.717, 1.165) is 34.9 Å². The number of benzene rings is 1. The van der Waals surface area contributed by atoms with Crippen molar-refractivity contribution in [2.75, 3.05) is 6.54 Å². The van der Waals surface area contributed by atoms with E-state index in [-0.39, 0.29) is 5.91 Å². The van der Waals surface area contributed by atoms with Crippen LogP contribution < -0.4 is 5.32 Å². The minimum atomic E-state index is 0.112. The Morgan fingerprint density at radius 2 is 2.09 bits per heavy atom. The highest BCUT2D eigenvalue weighted by Gasteiger charge is 2.11. The Balaban J connectivity index is 1.70. The lowest BCUT2D eigenvalue weighted by molar-refractivity contribution is -0.121. The summed E-state index contributed by atoms with van der Waals surface area (Å²) >= 11 is 1.62. The van der Waals surface area contributed by atoms with Crippen LogP contribution in [0.4, 0.5) is 0 Å². The van der Waals surface area contributed by atoms with Gasteiger partial charge in [0.1, 0.15) is 0 Å². The summed E-state index contributed by atoms with van der Waals surface area (Å²) < 4.78 is 2.10. The molecule has 23 heavy (non-hydrogen) atoms. The third-order valence-electron chi connectivity index (χ3n) is 3.67. The van der Waals surface area contributed by atoms with Gasteiger partial charge in [0, 0.05) is 35.8 Å². The highest BCUT2D eigenvalue weighted by atomic mass is 32.1. The van der Waals surface area contributed by atoms with Gasteiger partial charge in [-0.05, 0) is 12.3 Å². The van der Waals surface area contributed by atoms with E-state index >= 15 is 0 Å². The van der Waals surface area contributed by atoms with Crippen molar-refractivity contribution in [3.8, 4) is 11.3 Å². The smallest absolute Gasteiger partial charge is 0.220 e. The van der Waals surface area contributed by atoms with Crippen molar-refractivity contribution in [3.63, 3.8) is 0 Å². The fourth-order valence-electron chi connectivity index (χ4n) is 2.41. The van der Waals surface area contributed by atoms with Gasteiger partial charge < -0.3 is 5.32 Å². The first-order valence-corrected chi connectivity index (χ1v) is 8.79. The van der Waals surface area contributed by atoms with Gasteiger partial charge in [0.2, 0.25) is 5.91 Å². The van der Waals surface area contributed by atoms with Gasteiger partial charge in [-0.25, -0.2) is 4.98 Å². The molecule has 1 N–H and O–H groups in total. The molecule has 1 amide bonds. The SMILES string of the molecule is CC(C)CNC(=O)CCc1csc2nc(-c3ccccc3)cn12. The Morgan fingerprint density at radius 3 is 2.83 bits per heavy atom. The molecular weight excluding hydrogens is 306 g/mol. The standard InChI is InChI=1S/C18H21N3OS/c1-13(2)10-19-17(22)9-8-15-12-23-18-20-16(11-21(15)18)14-6-4-3-5-7-14/h3-7,11-13H,8-10H2,1-2H3,(H,19,22). The number of carbonyl (C=O) groups is 1. The molecular formula is C18H21N3OS. The maximum Gasteiger partial charge on any atom is 0.220 e. The first kappa shape index (κ1) is 15.7. The number of hydrogen-bond donors (Lipinski definition) is 1. The quantitative estimate of drug-likeness (QED) is 0.749. The topological polar surface area (TPSA) is 46.4 Å². The highest BCUT2D eigenvalue weighted by Crippen LogP contribution is 2.24. The maximum atomic E-state index is 11.9. The molecule has 4 nitrogen and oxygen atoms in total. The minimum Gasteiger partial charge on any atom is -0.356 e. The van der Waals surface area contributed by atoms with Crippen molar-refractivity contribution in [1.82, 2.24) is 14.7 Å². The fourth-order valence-corrected chi connectivity index (χ4v) is 3.31. The lowest BCUT2D eigenvalue weighted by Crippen LogP contribution is -2.27. The van der Waals surface area contributed by atoms with Gasteiger partial charge in [0.15, 0.2) is 4.96 Å². The van der Waals surface area contributed by atoms with Gasteiger partial charge in [-0.3, -0.25) is 9.20 Å². The largest absolute Gasteiger partial charge is 0.356 e. The second kappa shape index (κ2) is 6.96. The van der Waals surface area contributed by atoms with Gasteiger partial charge >= 0.3 is 0 Å². The molecule has 3 aromatic rings. The molecule has 3 rings (SSSR count). The second-order valence-corrected chi connectivity index (χ2v) is 6.91. The average Bonchev–Trinajstić information content (AvgIpc) is 3.12. The van der Waals surface area contributed by atoms with Crippen LogP contribution in [0.5, 0.6) is 0 Å². The zero-order valence-corrected chi connectivity index (χ0v) is 14.3. The summed E-state index contributed by atoms with van der Waals surface area (Å²) in [6, 6.07) is 10.2. The molecule has 2 heterocycles. The van der Waals surface area contributed by atoms with Crippen molar-refractivity contribution in [2.45, 2.75) is 26.7 Å². The first-order chi connectivity index (χ1) is 11.1. The third kappa shape index (κ3) is 3.79. The number of hydrogen-bond acceptors (Lipinski definition) is 3. The van der Waals surface area contributed by atoms with Crippen LogP contribution in [0.15, 0.2) is 41.9 Å². The normalized spacial score (nSPS) is 11.3. The number of fused-ring (bicyclic) bond motifs is 1. The molecule has 0 atom stereocenters. The lowest BCUT2D eigenvalue weighted by atomic mass is 10.2. The number of thiazole rings is 1. The molecule has 5 heteroatoms. The van der Waals surface area contributed by atoms with Crippen LogP contribution in [-0.4, -0.2) is 21.8 Å². The summed E-state index contributed by atoms with van der Waals surface area (Å²) in [5.74, 6) is 0.593. The van der Waals surface area contributed by atoms with E-state index < -0.39 is 0 Å². The van der Waals surface area contributed by atoms with Crippen molar-refractivity contribution >= 4 is 22.2 Å². The molecule has 2 aromatic heterocycles. The number of rotatable bonds is 6. The van der Waals surface area contributed by atoms with E-state index in [9.17, 15) is 4.79 Å². The van der Waals surface area contributed by atoms with E-state index in [0.29, 0.717) is 12.3 Å². The van der Waals surface area contributed by atoms with Crippen LogP contribution in [0, 0.1) is 5.92 Å². The van der Waals surface area contributed by atoms with Gasteiger partial charge in [0.05, 0.1) is 5.69 Å². The molecule has 1 aromatic carbocycles. The molecule has 0 spiro atoms. The third-order valence-corrected chi connectivity index (χ3v) is 4.56. The van der Waals surface area contributed by atoms with Crippen LogP contribution >= 0.6 is 11.3 Å². The Hall–Kier alpha value is -2.14. The van der Waals surface area contributed by atoms with Crippen LogP contribution in [0.25, 0.3) is 16.2 Å². The van der Waals surface area contributed by atoms with E-state index in [1.165, 1.54) is 0 Å². The first-order valence-electron chi connectivity index (χ1n) is 7.91. The summed E-state index contributed by atoms with van der Waals surface area (Å²) in [6.45, 7) is 4.93. The lowest BCUT2D eigenvalue weighted by Gasteiger charge is -2.07. The summed E-state index contributed by atoms with van der Waals surface area (Å²) in [5.41, 5.74) is 3.23. The summed E-state index contributed by atoms with van der Waals surface area (Å²) in [7, 11) is 0. The van der Waals surface area contributed by atoms with Crippen molar-refractivity contribution in [3.05, 3.63) is 47.6 Å². The molecule has 0 radical (unpaired) electrons. The Bertz CT molecular complexity index is 789. The number of carbonyl (C=O) groups excluding carboxylic acids is 1.